The Bertz CT molecular complexity index is 746. The van der Waals surface area contributed by atoms with Gasteiger partial charge in [-0.05, 0) is 44.0 Å². The maximum Gasteiger partial charge on any atom is 0.244 e. The highest BCUT2D eigenvalue weighted by Gasteiger charge is 2.28. The van der Waals surface area contributed by atoms with E-state index in [0.29, 0.717) is 24.7 Å². The van der Waals surface area contributed by atoms with Crippen LogP contribution in [0.3, 0.4) is 0 Å². The number of nitrogens with one attached hydrogen (secondary N) is 2. The molecule has 1 fully saturated rings. The lowest BCUT2D eigenvalue weighted by Crippen LogP contribution is -2.53. The summed E-state index contributed by atoms with van der Waals surface area (Å²) in [5, 5.41) is 6.02. The number of aromatic nitrogens is 1. The Hall–Kier alpha value is -2.44. The first-order chi connectivity index (χ1) is 12.0. The molecule has 25 heavy (non-hydrogen) atoms. The highest BCUT2D eigenvalue weighted by atomic mass is 16.5. The van der Waals surface area contributed by atoms with Crippen LogP contribution in [0.4, 0.5) is 5.69 Å². The SMILES string of the molecule is Cc1cccc(Oc2ccc(NC(=O)[C@H]3NCCO[C@@H]3C)cn2)c1C. The van der Waals surface area contributed by atoms with Crippen molar-refractivity contribution >= 4 is 11.6 Å². The maximum atomic E-state index is 12.3. The molecule has 6 heteroatoms. The molecule has 1 saturated heterocycles. The van der Waals surface area contributed by atoms with E-state index in [2.05, 4.69) is 15.6 Å². The number of morpholine rings is 1. The third-order valence-corrected chi connectivity index (χ3v) is 4.37. The third kappa shape index (κ3) is 4.15. The maximum absolute atomic E-state index is 12.3. The summed E-state index contributed by atoms with van der Waals surface area (Å²) < 4.78 is 11.3. The van der Waals surface area contributed by atoms with Gasteiger partial charge in [0, 0.05) is 12.6 Å². The molecule has 1 aliphatic rings. The van der Waals surface area contributed by atoms with Crippen molar-refractivity contribution in [2.24, 2.45) is 0 Å². The van der Waals surface area contributed by atoms with E-state index in [4.69, 9.17) is 9.47 Å². The number of nitrogens with zero attached hydrogens (tertiary/aromatic N) is 1. The number of ether oxygens (including phenoxy) is 2. The second-order valence-corrected chi connectivity index (χ2v) is 6.18. The largest absolute Gasteiger partial charge is 0.439 e. The van der Waals surface area contributed by atoms with Gasteiger partial charge in [-0.1, -0.05) is 12.1 Å². The number of pyridine rings is 1. The summed E-state index contributed by atoms with van der Waals surface area (Å²) in [6.07, 6.45) is 1.43. The molecule has 3 rings (SSSR count). The van der Waals surface area contributed by atoms with Gasteiger partial charge in [0.1, 0.15) is 11.8 Å². The minimum atomic E-state index is -0.361. The van der Waals surface area contributed by atoms with E-state index in [1.807, 2.05) is 39.0 Å². The molecule has 1 aromatic carbocycles. The summed E-state index contributed by atoms with van der Waals surface area (Å²) in [4.78, 5) is 16.6. The van der Waals surface area contributed by atoms with Gasteiger partial charge in [0.05, 0.1) is 24.6 Å². The molecule has 0 radical (unpaired) electrons. The predicted molar refractivity (Wildman–Crippen MR) is 96.1 cm³/mol. The molecule has 6 nitrogen and oxygen atoms in total. The Morgan fingerprint density at radius 1 is 1.32 bits per heavy atom. The van der Waals surface area contributed by atoms with E-state index in [-0.39, 0.29) is 18.1 Å². The van der Waals surface area contributed by atoms with Crippen molar-refractivity contribution in [3.05, 3.63) is 47.7 Å². The van der Waals surface area contributed by atoms with E-state index >= 15 is 0 Å². The van der Waals surface area contributed by atoms with Crippen molar-refractivity contribution in [3.63, 3.8) is 0 Å². The summed E-state index contributed by atoms with van der Waals surface area (Å²) in [5.74, 6) is 1.14. The van der Waals surface area contributed by atoms with Crippen molar-refractivity contribution in [1.82, 2.24) is 10.3 Å². The number of hydrogen-bond donors (Lipinski definition) is 2. The van der Waals surface area contributed by atoms with Gasteiger partial charge >= 0.3 is 0 Å². The third-order valence-electron chi connectivity index (χ3n) is 4.37. The molecule has 1 aromatic heterocycles. The zero-order chi connectivity index (χ0) is 17.8. The number of carbonyl (C=O) groups excluding carboxylic acids is 1. The van der Waals surface area contributed by atoms with E-state index < -0.39 is 0 Å². The molecule has 2 heterocycles. The van der Waals surface area contributed by atoms with Gasteiger partial charge in [-0.2, -0.15) is 0 Å². The van der Waals surface area contributed by atoms with Gasteiger partial charge in [0.25, 0.3) is 0 Å². The Kier molecular flexibility index (Phi) is 5.31. The van der Waals surface area contributed by atoms with Crippen LogP contribution in [-0.2, 0) is 9.53 Å². The number of hydrogen-bond acceptors (Lipinski definition) is 5. The average Bonchev–Trinajstić information content (AvgIpc) is 2.61. The molecule has 0 spiro atoms. The number of rotatable bonds is 4. The first-order valence-electron chi connectivity index (χ1n) is 8.40. The fourth-order valence-electron chi connectivity index (χ4n) is 2.71. The van der Waals surface area contributed by atoms with E-state index in [1.165, 1.54) is 0 Å². The Labute approximate surface area is 147 Å². The van der Waals surface area contributed by atoms with Gasteiger partial charge in [-0.25, -0.2) is 4.98 Å². The summed E-state index contributed by atoms with van der Waals surface area (Å²) in [5.41, 5.74) is 2.87. The zero-order valence-electron chi connectivity index (χ0n) is 14.7. The van der Waals surface area contributed by atoms with Crippen LogP contribution in [0.25, 0.3) is 0 Å². The summed E-state index contributed by atoms with van der Waals surface area (Å²) >= 11 is 0. The molecule has 1 aliphatic heterocycles. The topological polar surface area (TPSA) is 72.5 Å². The standard InChI is InChI=1S/C19H23N3O3/c1-12-5-4-6-16(13(12)2)25-17-8-7-15(11-21-17)22-19(23)18-14(3)24-10-9-20-18/h4-8,11,14,18,20H,9-10H2,1-3H3,(H,22,23)/t14-,18+/m1/s1. The average molecular weight is 341 g/mol. The summed E-state index contributed by atoms with van der Waals surface area (Å²) in [6.45, 7) is 7.23. The molecule has 2 atom stereocenters. The summed E-state index contributed by atoms with van der Waals surface area (Å²) in [6, 6.07) is 9.06. The van der Waals surface area contributed by atoms with Crippen LogP contribution in [0.1, 0.15) is 18.1 Å². The van der Waals surface area contributed by atoms with Crippen LogP contribution >= 0.6 is 0 Å². The van der Waals surface area contributed by atoms with Crippen molar-refractivity contribution in [3.8, 4) is 11.6 Å². The van der Waals surface area contributed by atoms with Gasteiger partial charge in [-0.3, -0.25) is 4.79 Å². The van der Waals surface area contributed by atoms with Gasteiger partial charge in [0.2, 0.25) is 11.8 Å². The molecule has 0 unspecified atom stereocenters. The van der Waals surface area contributed by atoms with Gasteiger partial charge < -0.3 is 20.1 Å². The van der Waals surface area contributed by atoms with Crippen LogP contribution in [0, 0.1) is 13.8 Å². The van der Waals surface area contributed by atoms with Gasteiger partial charge in [-0.15, -0.1) is 0 Å². The highest BCUT2D eigenvalue weighted by Crippen LogP contribution is 2.26. The Morgan fingerprint density at radius 3 is 2.88 bits per heavy atom. The van der Waals surface area contributed by atoms with Gasteiger partial charge in [0.15, 0.2) is 0 Å². The van der Waals surface area contributed by atoms with E-state index in [1.54, 1.807) is 18.3 Å². The summed E-state index contributed by atoms with van der Waals surface area (Å²) in [7, 11) is 0. The molecule has 0 aliphatic carbocycles. The number of amides is 1. The van der Waals surface area contributed by atoms with Crippen LogP contribution in [0.5, 0.6) is 11.6 Å². The number of benzene rings is 1. The van der Waals surface area contributed by atoms with Crippen LogP contribution in [0.2, 0.25) is 0 Å². The Balaban J connectivity index is 1.64. The fourth-order valence-corrected chi connectivity index (χ4v) is 2.71. The molecule has 0 bridgehead atoms. The monoisotopic (exact) mass is 341 g/mol. The molecule has 2 aromatic rings. The van der Waals surface area contributed by atoms with Crippen LogP contribution in [-0.4, -0.2) is 36.2 Å². The van der Waals surface area contributed by atoms with Crippen molar-refractivity contribution in [2.45, 2.75) is 32.9 Å². The van der Waals surface area contributed by atoms with Crippen LogP contribution < -0.4 is 15.4 Å². The molecule has 1 amide bonds. The second kappa shape index (κ2) is 7.63. The van der Waals surface area contributed by atoms with E-state index in [9.17, 15) is 4.79 Å². The van der Waals surface area contributed by atoms with Crippen LogP contribution in [0.15, 0.2) is 36.5 Å². The molecule has 0 saturated carbocycles. The quantitative estimate of drug-likeness (QED) is 0.895. The van der Waals surface area contributed by atoms with E-state index in [0.717, 1.165) is 16.9 Å². The molecule has 2 N–H and O–H groups in total. The Morgan fingerprint density at radius 2 is 2.16 bits per heavy atom. The minimum Gasteiger partial charge on any atom is -0.439 e. The fraction of sp³-hybridized carbons (Fsp3) is 0.368. The molecule has 132 valence electrons. The highest BCUT2D eigenvalue weighted by molar-refractivity contribution is 5.95. The lowest BCUT2D eigenvalue weighted by atomic mass is 10.1. The van der Waals surface area contributed by atoms with Crippen molar-refractivity contribution in [2.75, 3.05) is 18.5 Å². The normalized spacial score (nSPS) is 20.1. The van der Waals surface area contributed by atoms with Crippen molar-refractivity contribution in [1.29, 1.82) is 0 Å². The minimum absolute atomic E-state index is 0.128. The number of anilines is 1. The first kappa shape index (κ1) is 17.4. The predicted octanol–water partition coefficient (Wildman–Crippen LogP) is 2.81. The lowest BCUT2D eigenvalue weighted by Gasteiger charge is -2.29. The first-order valence-corrected chi connectivity index (χ1v) is 8.40. The van der Waals surface area contributed by atoms with Crippen molar-refractivity contribution < 1.29 is 14.3 Å². The smallest absolute Gasteiger partial charge is 0.244 e. The molecular formula is C19H23N3O3. The molecular weight excluding hydrogens is 318 g/mol. The zero-order valence-corrected chi connectivity index (χ0v) is 14.7. The lowest BCUT2D eigenvalue weighted by molar-refractivity contribution is -0.123. The number of carbonyl (C=O) groups is 1. The second-order valence-electron chi connectivity index (χ2n) is 6.18. The number of aryl methyl sites for hydroxylation is 1.